The molecule has 3 rings (SSSR count). The molecule has 0 atom stereocenters. The summed E-state index contributed by atoms with van der Waals surface area (Å²) in [6.45, 7) is 4.44. The maximum atomic E-state index is 5.66. The van der Waals surface area contributed by atoms with Gasteiger partial charge >= 0.3 is 0 Å². The molecule has 0 saturated heterocycles. The highest BCUT2D eigenvalue weighted by Gasteiger charge is 2.21. The van der Waals surface area contributed by atoms with Crippen LogP contribution in [0.4, 0.5) is 0 Å². The number of guanidine groups is 1. The van der Waals surface area contributed by atoms with E-state index in [2.05, 4.69) is 39.7 Å². The van der Waals surface area contributed by atoms with Crippen LogP contribution in [-0.4, -0.2) is 24.6 Å². The van der Waals surface area contributed by atoms with Crippen LogP contribution in [0.3, 0.4) is 0 Å². The smallest absolute Gasteiger partial charge is 0.213 e. The van der Waals surface area contributed by atoms with Crippen LogP contribution in [0.25, 0.3) is 0 Å². The number of aliphatic imine (C=N–C) groups is 1. The second-order valence-electron chi connectivity index (χ2n) is 6.26. The Morgan fingerprint density at radius 1 is 1.19 bits per heavy atom. The molecule has 0 unspecified atom stereocenters. The van der Waals surface area contributed by atoms with E-state index in [1.165, 1.54) is 22.6 Å². The standard InChI is InChI=1S/C19H26N4OS.HI/c1-3-16-7-8-17(25-16)12-23-19(20-2)22-11-15-6-9-18(21-10-15)24-13-14-4-5-14;/h6-10,14H,3-5,11-13H2,1-2H3,(H2,20,22,23);1H. The monoisotopic (exact) mass is 486 g/mol. The third-order valence-corrected chi connectivity index (χ3v) is 5.37. The zero-order chi connectivity index (χ0) is 17.5. The molecular formula is C19H27IN4OS. The molecule has 1 aliphatic carbocycles. The van der Waals surface area contributed by atoms with E-state index in [0.717, 1.165) is 37.0 Å². The van der Waals surface area contributed by atoms with Crippen LogP contribution < -0.4 is 15.4 Å². The van der Waals surface area contributed by atoms with E-state index in [0.29, 0.717) is 12.4 Å². The molecule has 0 aromatic carbocycles. The highest BCUT2D eigenvalue weighted by Crippen LogP contribution is 2.29. The minimum absolute atomic E-state index is 0. The average Bonchev–Trinajstić information content (AvgIpc) is 3.37. The van der Waals surface area contributed by atoms with Gasteiger partial charge in [0.25, 0.3) is 0 Å². The molecular weight excluding hydrogens is 459 g/mol. The van der Waals surface area contributed by atoms with E-state index >= 15 is 0 Å². The summed E-state index contributed by atoms with van der Waals surface area (Å²) in [4.78, 5) is 11.4. The first-order valence-corrected chi connectivity index (χ1v) is 9.68. The van der Waals surface area contributed by atoms with Crippen molar-refractivity contribution < 1.29 is 4.74 Å². The lowest BCUT2D eigenvalue weighted by molar-refractivity contribution is 0.288. The van der Waals surface area contributed by atoms with Gasteiger partial charge in [-0.3, -0.25) is 4.99 Å². The van der Waals surface area contributed by atoms with Gasteiger partial charge in [-0.2, -0.15) is 0 Å². The van der Waals surface area contributed by atoms with Crippen molar-refractivity contribution in [3.63, 3.8) is 0 Å². The van der Waals surface area contributed by atoms with E-state index in [1.54, 1.807) is 7.05 Å². The fourth-order valence-electron chi connectivity index (χ4n) is 2.37. The van der Waals surface area contributed by atoms with Crippen molar-refractivity contribution in [2.75, 3.05) is 13.7 Å². The number of pyridine rings is 1. The van der Waals surface area contributed by atoms with Crippen molar-refractivity contribution in [2.45, 2.75) is 39.3 Å². The van der Waals surface area contributed by atoms with Crippen molar-refractivity contribution in [1.82, 2.24) is 15.6 Å². The van der Waals surface area contributed by atoms with Crippen molar-refractivity contribution in [2.24, 2.45) is 10.9 Å². The summed E-state index contributed by atoms with van der Waals surface area (Å²) >= 11 is 1.84. The number of hydrogen-bond acceptors (Lipinski definition) is 4. The predicted octanol–water partition coefficient (Wildman–Crippen LogP) is 3.98. The Kier molecular flexibility index (Phi) is 8.64. The molecule has 0 radical (unpaired) electrons. The van der Waals surface area contributed by atoms with Crippen LogP contribution in [0.15, 0.2) is 35.5 Å². The summed E-state index contributed by atoms with van der Waals surface area (Å²) < 4.78 is 5.66. The number of nitrogens with one attached hydrogen (secondary N) is 2. The topological polar surface area (TPSA) is 58.5 Å². The van der Waals surface area contributed by atoms with Gasteiger partial charge in [0.2, 0.25) is 5.88 Å². The van der Waals surface area contributed by atoms with Crippen molar-refractivity contribution >= 4 is 41.3 Å². The molecule has 0 aliphatic heterocycles. The number of hydrogen-bond donors (Lipinski definition) is 2. The van der Waals surface area contributed by atoms with E-state index in [4.69, 9.17) is 4.74 Å². The fraction of sp³-hybridized carbons (Fsp3) is 0.474. The van der Waals surface area contributed by atoms with Gasteiger partial charge in [0.1, 0.15) is 0 Å². The maximum Gasteiger partial charge on any atom is 0.213 e. The Hall–Kier alpha value is -1.35. The number of nitrogens with zero attached hydrogens (tertiary/aromatic N) is 2. The second-order valence-corrected chi connectivity index (χ2v) is 7.51. The van der Waals surface area contributed by atoms with Crippen molar-refractivity contribution in [3.05, 3.63) is 45.8 Å². The molecule has 0 amide bonds. The van der Waals surface area contributed by atoms with Gasteiger partial charge in [-0.25, -0.2) is 4.98 Å². The number of aryl methyl sites for hydroxylation is 1. The van der Waals surface area contributed by atoms with Crippen LogP contribution in [0, 0.1) is 5.92 Å². The zero-order valence-electron chi connectivity index (χ0n) is 15.3. The lowest BCUT2D eigenvalue weighted by atomic mass is 10.3. The summed E-state index contributed by atoms with van der Waals surface area (Å²) in [7, 11) is 1.79. The molecule has 1 aliphatic rings. The Bertz CT molecular complexity index is 698. The van der Waals surface area contributed by atoms with Gasteiger partial charge in [-0.1, -0.05) is 13.0 Å². The summed E-state index contributed by atoms with van der Waals surface area (Å²) in [5.74, 6) is 2.25. The Morgan fingerprint density at radius 3 is 2.58 bits per heavy atom. The highest BCUT2D eigenvalue weighted by molar-refractivity contribution is 14.0. The number of ether oxygens (including phenoxy) is 1. The molecule has 2 N–H and O–H groups in total. The first kappa shape index (κ1) is 21.0. The summed E-state index contributed by atoms with van der Waals surface area (Å²) in [6, 6.07) is 8.35. The van der Waals surface area contributed by atoms with Crippen LogP contribution in [0.5, 0.6) is 5.88 Å². The van der Waals surface area contributed by atoms with E-state index in [1.807, 2.05) is 29.7 Å². The maximum absolute atomic E-state index is 5.66. The molecule has 2 aromatic rings. The highest BCUT2D eigenvalue weighted by atomic mass is 127. The van der Waals surface area contributed by atoms with Crippen LogP contribution >= 0.6 is 35.3 Å². The molecule has 0 bridgehead atoms. The van der Waals surface area contributed by atoms with Gasteiger partial charge in [0.05, 0.1) is 13.2 Å². The molecule has 2 heterocycles. The van der Waals surface area contributed by atoms with E-state index < -0.39 is 0 Å². The predicted molar refractivity (Wildman–Crippen MR) is 119 cm³/mol. The van der Waals surface area contributed by atoms with Crippen molar-refractivity contribution in [3.8, 4) is 5.88 Å². The van der Waals surface area contributed by atoms with Crippen LogP contribution in [0.1, 0.15) is 35.1 Å². The second kappa shape index (κ2) is 10.7. The molecule has 2 aromatic heterocycles. The van der Waals surface area contributed by atoms with E-state index in [9.17, 15) is 0 Å². The van der Waals surface area contributed by atoms with Crippen LogP contribution in [-0.2, 0) is 19.5 Å². The van der Waals surface area contributed by atoms with Crippen molar-refractivity contribution in [1.29, 1.82) is 0 Å². The fourth-order valence-corrected chi connectivity index (χ4v) is 3.27. The number of thiophene rings is 1. The van der Waals surface area contributed by atoms with E-state index in [-0.39, 0.29) is 24.0 Å². The average molecular weight is 486 g/mol. The summed E-state index contributed by atoms with van der Waals surface area (Å²) in [5.41, 5.74) is 1.10. The Labute approximate surface area is 176 Å². The third-order valence-electron chi connectivity index (χ3n) is 4.14. The molecule has 1 fully saturated rings. The summed E-state index contributed by atoms with van der Waals surface area (Å²) in [6.07, 6.45) is 5.53. The largest absolute Gasteiger partial charge is 0.477 e. The molecule has 0 spiro atoms. The number of rotatable bonds is 8. The van der Waals surface area contributed by atoms with Crippen LogP contribution in [0.2, 0.25) is 0 Å². The first-order valence-electron chi connectivity index (χ1n) is 8.86. The normalized spacial score (nSPS) is 13.8. The summed E-state index contributed by atoms with van der Waals surface area (Å²) in [5, 5.41) is 6.67. The first-order chi connectivity index (χ1) is 12.3. The SMILES string of the molecule is CCc1ccc(CNC(=NC)NCc2ccc(OCC3CC3)nc2)s1.I. The Balaban J connectivity index is 0.00000243. The van der Waals surface area contributed by atoms with Gasteiger partial charge in [-0.05, 0) is 42.9 Å². The molecule has 5 nitrogen and oxygen atoms in total. The number of aromatic nitrogens is 1. The number of halogens is 1. The lowest BCUT2D eigenvalue weighted by Gasteiger charge is -2.11. The van der Waals surface area contributed by atoms with Gasteiger partial charge in [-0.15, -0.1) is 35.3 Å². The Morgan fingerprint density at radius 2 is 1.96 bits per heavy atom. The zero-order valence-corrected chi connectivity index (χ0v) is 18.5. The molecule has 7 heteroatoms. The van der Waals surface area contributed by atoms with Gasteiger partial charge in [0, 0.05) is 35.6 Å². The third kappa shape index (κ3) is 6.75. The molecule has 142 valence electrons. The quantitative estimate of drug-likeness (QED) is 0.337. The lowest BCUT2D eigenvalue weighted by Crippen LogP contribution is -2.36. The molecule has 26 heavy (non-hydrogen) atoms. The minimum atomic E-state index is 0. The molecule has 1 saturated carbocycles. The minimum Gasteiger partial charge on any atom is -0.477 e. The van der Waals surface area contributed by atoms with Gasteiger partial charge < -0.3 is 15.4 Å². The van der Waals surface area contributed by atoms with Gasteiger partial charge in [0.15, 0.2) is 5.96 Å².